The number of carbonyl (C=O) groups is 1. The summed E-state index contributed by atoms with van der Waals surface area (Å²) in [6.45, 7) is 5.88. The molecule has 0 aliphatic carbocycles. The number of carbonyl (C=O) groups excluding carboxylic acids is 1. The van der Waals surface area contributed by atoms with Gasteiger partial charge in [0.1, 0.15) is 12.8 Å². The predicted molar refractivity (Wildman–Crippen MR) is 68.1 cm³/mol. The molecule has 18 heavy (non-hydrogen) atoms. The molecule has 3 unspecified atom stereocenters. The molecule has 1 fully saturated rings. The second-order valence-corrected chi connectivity index (χ2v) is 4.81. The molecule has 2 heterocycles. The summed E-state index contributed by atoms with van der Waals surface area (Å²) in [6, 6.07) is 0.296. The summed E-state index contributed by atoms with van der Waals surface area (Å²) >= 11 is 0. The molecule has 0 aromatic rings. The van der Waals surface area contributed by atoms with Gasteiger partial charge in [-0.2, -0.15) is 0 Å². The molecule has 0 bridgehead atoms. The van der Waals surface area contributed by atoms with Crippen molar-refractivity contribution in [3.05, 3.63) is 11.8 Å². The summed E-state index contributed by atoms with van der Waals surface area (Å²) in [7, 11) is 1.69. The third-order valence-electron chi connectivity index (χ3n) is 3.58. The smallest absolute Gasteiger partial charge is 0.204 e. The van der Waals surface area contributed by atoms with Crippen LogP contribution in [-0.2, 0) is 14.3 Å². The van der Waals surface area contributed by atoms with Gasteiger partial charge in [-0.05, 0) is 19.4 Å². The zero-order valence-corrected chi connectivity index (χ0v) is 11.3. The number of ketones is 1. The Balaban J connectivity index is 2.27. The van der Waals surface area contributed by atoms with E-state index in [1.54, 1.807) is 7.11 Å². The van der Waals surface area contributed by atoms with E-state index in [-0.39, 0.29) is 24.7 Å². The molecule has 1 saturated heterocycles. The van der Waals surface area contributed by atoms with Crippen molar-refractivity contribution in [1.29, 1.82) is 0 Å². The summed E-state index contributed by atoms with van der Waals surface area (Å²) in [5.74, 6) is 0.0514. The fourth-order valence-electron chi connectivity index (χ4n) is 2.57. The van der Waals surface area contributed by atoms with Crippen LogP contribution in [0.3, 0.4) is 0 Å². The molecule has 0 aromatic carbocycles. The van der Waals surface area contributed by atoms with Gasteiger partial charge < -0.3 is 19.7 Å². The van der Waals surface area contributed by atoms with E-state index in [2.05, 4.69) is 17.1 Å². The van der Waals surface area contributed by atoms with Crippen molar-refractivity contribution < 1.29 is 14.3 Å². The van der Waals surface area contributed by atoms with Crippen LogP contribution in [0, 0.1) is 0 Å². The molecule has 5 nitrogen and oxygen atoms in total. The molecule has 0 saturated carbocycles. The van der Waals surface area contributed by atoms with Gasteiger partial charge in [0.05, 0.1) is 11.8 Å². The lowest BCUT2D eigenvalue weighted by Crippen LogP contribution is -2.58. The largest absolute Gasteiger partial charge is 0.366 e. The Morgan fingerprint density at radius 1 is 1.56 bits per heavy atom. The van der Waals surface area contributed by atoms with E-state index in [1.165, 1.54) is 0 Å². The minimum atomic E-state index is -0.0794. The van der Waals surface area contributed by atoms with Crippen molar-refractivity contribution in [1.82, 2.24) is 10.2 Å². The van der Waals surface area contributed by atoms with Crippen LogP contribution in [0.25, 0.3) is 0 Å². The lowest BCUT2D eigenvalue weighted by Gasteiger charge is -2.44. The maximum Gasteiger partial charge on any atom is 0.204 e. The lowest BCUT2D eigenvalue weighted by molar-refractivity contribution is -0.129. The predicted octanol–water partition coefficient (Wildman–Crippen LogP) is 0.514. The van der Waals surface area contributed by atoms with Crippen LogP contribution in [0.4, 0.5) is 0 Å². The van der Waals surface area contributed by atoms with Gasteiger partial charge in [-0.3, -0.25) is 4.79 Å². The number of nitrogens with zero attached hydrogens (tertiary/aromatic N) is 1. The lowest BCUT2D eigenvalue weighted by atomic mass is 10.0. The number of Topliss-reactive ketones (excluding diaryl/α,β-unsaturated/α-hetero) is 1. The Morgan fingerprint density at radius 2 is 2.33 bits per heavy atom. The summed E-state index contributed by atoms with van der Waals surface area (Å²) in [5, 5.41) is 3.35. The van der Waals surface area contributed by atoms with E-state index in [0.29, 0.717) is 6.04 Å². The van der Waals surface area contributed by atoms with Crippen LogP contribution in [0.2, 0.25) is 0 Å². The first kappa shape index (κ1) is 13.5. The van der Waals surface area contributed by atoms with Crippen molar-refractivity contribution in [3.8, 4) is 0 Å². The molecule has 0 aromatic heterocycles. The highest BCUT2D eigenvalue weighted by Gasteiger charge is 2.35. The van der Waals surface area contributed by atoms with Gasteiger partial charge in [0.2, 0.25) is 5.78 Å². The Labute approximate surface area is 108 Å². The summed E-state index contributed by atoms with van der Waals surface area (Å²) in [4.78, 5) is 14.2. The van der Waals surface area contributed by atoms with Crippen LogP contribution < -0.4 is 5.32 Å². The van der Waals surface area contributed by atoms with Crippen molar-refractivity contribution in [2.24, 2.45) is 0 Å². The second kappa shape index (κ2) is 5.82. The van der Waals surface area contributed by atoms with Gasteiger partial charge in [-0.15, -0.1) is 0 Å². The molecular formula is C13H22N2O3. The standard InChI is InChI=1S/C13H22N2O3/c1-4-10-6-14-7-13(17-3)15(10)11-5-9(2)18-8-12(11)16/h5,9-10,13-14H,4,6-8H2,1-3H3. The Kier molecular flexibility index (Phi) is 4.37. The highest BCUT2D eigenvalue weighted by molar-refractivity contribution is 5.96. The van der Waals surface area contributed by atoms with E-state index >= 15 is 0 Å². The van der Waals surface area contributed by atoms with Gasteiger partial charge in [0.15, 0.2) is 0 Å². The number of hydrogen-bond acceptors (Lipinski definition) is 5. The molecule has 0 radical (unpaired) electrons. The molecule has 102 valence electrons. The number of ether oxygens (including phenoxy) is 2. The Hall–Kier alpha value is -0.910. The number of hydrogen-bond donors (Lipinski definition) is 1. The number of nitrogens with one attached hydrogen (secondary N) is 1. The Bertz CT molecular complexity index is 331. The maximum absolute atomic E-state index is 12.1. The van der Waals surface area contributed by atoms with E-state index in [9.17, 15) is 4.79 Å². The van der Waals surface area contributed by atoms with E-state index in [4.69, 9.17) is 9.47 Å². The van der Waals surface area contributed by atoms with Crippen molar-refractivity contribution in [2.75, 3.05) is 26.8 Å². The molecule has 2 aliphatic heterocycles. The van der Waals surface area contributed by atoms with Gasteiger partial charge >= 0.3 is 0 Å². The molecule has 2 aliphatic rings. The molecular weight excluding hydrogens is 232 g/mol. The van der Waals surface area contributed by atoms with Crippen LogP contribution in [-0.4, -0.2) is 55.9 Å². The van der Waals surface area contributed by atoms with E-state index < -0.39 is 0 Å². The average Bonchev–Trinajstić information content (AvgIpc) is 2.40. The van der Waals surface area contributed by atoms with Crippen molar-refractivity contribution in [2.45, 2.75) is 38.6 Å². The molecule has 5 heteroatoms. The maximum atomic E-state index is 12.1. The first-order valence-corrected chi connectivity index (χ1v) is 6.55. The first-order chi connectivity index (χ1) is 8.67. The normalized spacial score (nSPS) is 33.5. The summed E-state index contributed by atoms with van der Waals surface area (Å²) in [5.41, 5.74) is 0.758. The second-order valence-electron chi connectivity index (χ2n) is 4.81. The molecule has 3 atom stereocenters. The quantitative estimate of drug-likeness (QED) is 0.795. The first-order valence-electron chi connectivity index (χ1n) is 6.55. The van der Waals surface area contributed by atoms with Crippen LogP contribution in [0.1, 0.15) is 20.3 Å². The summed E-state index contributed by atoms with van der Waals surface area (Å²) in [6.07, 6.45) is 2.80. The zero-order chi connectivity index (χ0) is 13.1. The third-order valence-corrected chi connectivity index (χ3v) is 3.58. The SMILES string of the molecule is CCC1CNCC(OC)N1C1=CC(C)OCC1=O. The van der Waals surface area contributed by atoms with Crippen LogP contribution in [0.15, 0.2) is 11.8 Å². The Morgan fingerprint density at radius 3 is 3.00 bits per heavy atom. The van der Waals surface area contributed by atoms with E-state index in [0.717, 1.165) is 25.2 Å². The minimum Gasteiger partial charge on any atom is -0.366 e. The third kappa shape index (κ3) is 2.58. The summed E-state index contributed by atoms with van der Waals surface area (Å²) < 4.78 is 10.8. The molecule has 0 spiro atoms. The van der Waals surface area contributed by atoms with Gasteiger partial charge in [0.25, 0.3) is 0 Å². The zero-order valence-electron chi connectivity index (χ0n) is 11.3. The van der Waals surface area contributed by atoms with Gasteiger partial charge in [-0.25, -0.2) is 0 Å². The van der Waals surface area contributed by atoms with Crippen LogP contribution in [0.5, 0.6) is 0 Å². The average molecular weight is 254 g/mol. The minimum absolute atomic E-state index is 0.0115. The molecule has 0 amide bonds. The highest BCUT2D eigenvalue weighted by atomic mass is 16.5. The number of rotatable bonds is 3. The van der Waals surface area contributed by atoms with E-state index in [1.807, 2.05) is 13.0 Å². The van der Waals surface area contributed by atoms with Gasteiger partial charge in [-0.1, -0.05) is 6.92 Å². The van der Waals surface area contributed by atoms with Crippen molar-refractivity contribution >= 4 is 5.78 Å². The van der Waals surface area contributed by atoms with Crippen molar-refractivity contribution in [3.63, 3.8) is 0 Å². The number of methoxy groups -OCH3 is 1. The van der Waals surface area contributed by atoms with Gasteiger partial charge in [0, 0.05) is 26.2 Å². The molecule has 2 rings (SSSR count). The topological polar surface area (TPSA) is 50.8 Å². The molecule has 1 N–H and O–H groups in total. The fourth-order valence-corrected chi connectivity index (χ4v) is 2.57. The fraction of sp³-hybridized carbons (Fsp3) is 0.769. The number of piperazine rings is 1. The monoisotopic (exact) mass is 254 g/mol. The highest BCUT2D eigenvalue weighted by Crippen LogP contribution is 2.23. The van der Waals surface area contributed by atoms with Crippen LogP contribution >= 0.6 is 0 Å².